The van der Waals surface area contributed by atoms with Crippen LogP contribution in [-0.4, -0.2) is 50.7 Å². The molecule has 1 N–H and O–H groups in total. The Morgan fingerprint density at radius 3 is 2.54 bits per heavy atom. The molecule has 1 aromatic heterocycles. The molecule has 188 valence electrons. The molecule has 1 aromatic carbocycles. The van der Waals surface area contributed by atoms with E-state index in [0.29, 0.717) is 43.4 Å². The van der Waals surface area contributed by atoms with E-state index in [4.69, 9.17) is 5.53 Å². The molecule has 9 heteroatoms. The van der Waals surface area contributed by atoms with Gasteiger partial charge in [0.1, 0.15) is 11.6 Å². The molecule has 4 rings (SSSR count). The van der Waals surface area contributed by atoms with E-state index < -0.39 is 0 Å². The number of amides is 1. The van der Waals surface area contributed by atoms with E-state index in [1.54, 1.807) is 0 Å². The topological polar surface area (TPSA) is 112 Å². The summed E-state index contributed by atoms with van der Waals surface area (Å²) in [5.74, 6) is 2.51. The fourth-order valence-corrected chi connectivity index (χ4v) is 5.96. The van der Waals surface area contributed by atoms with Crippen LogP contribution in [0.2, 0.25) is 0 Å². The maximum atomic E-state index is 12.6. The number of aryl methyl sites for hydroxylation is 1. The Kier molecular flexibility index (Phi) is 8.42. The average molecular weight is 479 g/mol. The molecule has 0 radical (unpaired) electrons. The first-order valence-electron chi connectivity index (χ1n) is 13.0. The SMILES string of the molecule is Cc1nnc(C(C)C)n1C1CC2CCC(C1)N2CC[C@H](NC(=O)CCCN=[N+]=[N-])c1ccccc1. The lowest BCUT2D eigenvalue weighted by atomic mass is 9.95. The smallest absolute Gasteiger partial charge is 0.220 e. The number of fused-ring (bicyclic) bond motifs is 2. The van der Waals surface area contributed by atoms with Gasteiger partial charge in [-0.15, -0.1) is 10.2 Å². The summed E-state index contributed by atoms with van der Waals surface area (Å²) in [6, 6.07) is 11.8. The molecule has 35 heavy (non-hydrogen) atoms. The summed E-state index contributed by atoms with van der Waals surface area (Å²) in [6.07, 6.45) is 6.56. The average Bonchev–Trinajstić information content (AvgIpc) is 3.35. The lowest BCUT2D eigenvalue weighted by Crippen LogP contribution is -2.45. The van der Waals surface area contributed by atoms with Crippen molar-refractivity contribution in [3.63, 3.8) is 0 Å². The zero-order valence-corrected chi connectivity index (χ0v) is 21.2. The molecule has 0 saturated carbocycles. The number of carbonyl (C=O) groups excluding carboxylic acids is 1. The van der Waals surface area contributed by atoms with Crippen LogP contribution >= 0.6 is 0 Å². The van der Waals surface area contributed by atoms with Crippen LogP contribution in [0.1, 0.15) is 94.0 Å². The van der Waals surface area contributed by atoms with Crippen molar-refractivity contribution in [3.8, 4) is 0 Å². The molecule has 2 unspecified atom stereocenters. The predicted molar refractivity (Wildman–Crippen MR) is 136 cm³/mol. The second-order valence-electron chi connectivity index (χ2n) is 10.3. The zero-order valence-electron chi connectivity index (χ0n) is 21.2. The summed E-state index contributed by atoms with van der Waals surface area (Å²) >= 11 is 0. The van der Waals surface area contributed by atoms with Crippen LogP contribution < -0.4 is 5.32 Å². The molecule has 0 spiro atoms. The molecule has 3 heterocycles. The van der Waals surface area contributed by atoms with Crippen LogP contribution in [0.4, 0.5) is 0 Å². The molecular weight excluding hydrogens is 440 g/mol. The summed E-state index contributed by atoms with van der Waals surface area (Å²) in [5.41, 5.74) is 9.57. The molecular formula is C26H38N8O. The summed E-state index contributed by atoms with van der Waals surface area (Å²) < 4.78 is 2.40. The van der Waals surface area contributed by atoms with E-state index >= 15 is 0 Å². The number of carbonyl (C=O) groups is 1. The van der Waals surface area contributed by atoms with E-state index in [1.165, 1.54) is 12.8 Å². The van der Waals surface area contributed by atoms with Crippen LogP contribution in [0.5, 0.6) is 0 Å². The van der Waals surface area contributed by atoms with E-state index in [2.05, 4.69) is 67.9 Å². The largest absolute Gasteiger partial charge is 0.349 e. The lowest BCUT2D eigenvalue weighted by molar-refractivity contribution is -0.122. The zero-order chi connectivity index (χ0) is 24.8. The third-order valence-corrected chi connectivity index (χ3v) is 7.57. The predicted octanol–water partition coefficient (Wildman–Crippen LogP) is 5.22. The number of nitrogens with zero attached hydrogens (tertiary/aromatic N) is 7. The van der Waals surface area contributed by atoms with Gasteiger partial charge in [-0.2, -0.15) is 0 Å². The van der Waals surface area contributed by atoms with Gasteiger partial charge in [0.05, 0.1) is 6.04 Å². The highest BCUT2D eigenvalue weighted by molar-refractivity contribution is 5.76. The maximum absolute atomic E-state index is 12.6. The van der Waals surface area contributed by atoms with Crippen LogP contribution in [0, 0.1) is 6.92 Å². The Balaban J connectivity index is 1.39. The fourth-order valence-electron chi connectivity index (χ4n) is 5.96. The Hall–Kier alpha value is -2.90. The van der Waals surface area contributed by atoms with Gasteiger partial charge in [0, 0.05) is 48.5 Å². The standard InChI is InChI=1S/C26H38N8O/c1-18(2)26-31-30-19(3)34(26)23-16-21-11-12-22(17-23)33(21)15-13-24(20-8-5-4-6-9-20)29-25(35)10-7-14-28-32-27/h4-6,8-9,18,21-24H,7,10-17H2,1-3H3,(H,29,35)/t21?,22?,23?,24-/m0/s1. The molecule has 2 aromatic rings. The minimum absolute atomic E-state index is 0.0120. The Labute approximate surface area is 207 Å². The number of hydrogen-bond donors (Lipinski definition) is 1. The van der Waals surface area contributed by atoms with Crippen LogP contribution in [0.3, 0.4) is 0 Å². The lowest BCUT2D eigenvalue weighted by Gasteiger charge is -2.40. The van der Waals surface area contributed by atoms with Gasteiger partial charge in [-0.25, -0.2) is 0 Å². The van der Waals surface area contributed by atoms with Crippen molar-refractivity contribution in [2.45, 2.75) is 95.8 Å². The molecule has 2 fully saturated rings. The summed E-state index contributed by atoms with van der Waals surface area (Å²) in [4.78, 5) is 18.1. The monoisotopic (exact) mass is 478 g/mol. The minimum atomic E-state index is -0.0204. The van der Waals surface area contributed by atoms with Gasteiger partial charge in [0.2, 0.25) is 5.91 Å². The number of hydrogen-bond acceptors (Lipinski definition) is 5. The van der Waals surface area contributed by atoms with Crippen molar-refractivity contribution >= 4 is 5.91 Å². The van der Waals surface area contributed by atoms with Gasteiger partial charge in [0.25, 0.3) is 0 Å². The summed E-state index contributed by atoms with van der Waals surface area (Å²) in [7, 11) is 0. The third-order valence-electron chi connectivity index (χ3n) is 7.57. The molecule has 2 aliphatic rings. The summed E-state index contributed by atoms with van der Waals surface area (Å²) in [5, 5.41) is 15.6. The second-order valence-corrected chi connectivity index (χ2v) is 10.3. The van der Waals surface area contributed by atoms with E-state index in [-0.39, 0.29) is 11.9 Å². The Bertz CT molecular complexity index is 1020. The van der Waals surface area contributed by atoms with Crippen molar-refractivity contribution in [1.29, 1.82) is 0 Å². The fraction of sp³-hybridized carbons (Fsp3) is 0.654. The molecule has 9 nitrogen and oxygen atoms in total. The number of nitrogens with one attached hydrogen (secondary N) is 1. The van der Waals surface area contributed by atoms with Gasteiger partial charge in [0.15, 0.2) is 0 Å². The number of aromatic nitrogens is 3. The van der Waals surface area contributed by atoms with E-state index in [9.17, 15) is 4.79 Å². The van der Waals surface area contributed by atoms with Crippen LogP contribution in [-0.2, 0) is 4.79 Å². The molecule has 3 atom stereocenters. The van der Waals surface area contributed by atoms with Gasteiger partial charge in [-0.05, 0) is 56.5 Å². The first-order chi connectivity index (χ1) is 17.0. The van der Waals surface area contributed by atoms with Gasteiger partial charge < -0.3 is 9.88 Å². The van der Waals surface area contributed by atoms with Crippen molar-refractivity contribution < 1.29 is 4.79 Å². The van der Waals surface area contributed by atoms with Gasteiger partial charge in [-0.3, -0.25) is 9.69 Å². The molecule has 2 aliphatic heterocycles. The van der Waals surface area contributed by atoms with Crippen LogP contribution in [0.25, 0.3) is 10.4 Å². The maximum Gasteiger partial charge on any atom is 0.220 e. The second kappa shape index (κ2) is 11.7. The number of rotatable bonds is 11. The minimum Gasteiger partial charge on any atom is -0.349 e. The van der Waals surface area contributed by atoms with Crippen molar-refractivity contribution in [3.05, 3.63) is 58.0 Å². The normalized spacial score (nSPS) is 22.7. The molecule has 0 aliphatic carbocycles. The van der Waals surface area contributed by atoms with E-state index in [0.717, 1.165) is 43.0 Å². The highest BCUT2D eigenvalue weighted by atomic mass is 16.1. The number of piperidine rings is 1. The van der Waals surface area contributed by atoms with Gasteiger partial charge >= 0.3 is 0 Å². The van der Waals surface area contributed by atoms with Crippen molar-refractivity contribution in [2.24, 2.45) is 5.11 Å². The molecule has 2 saturated heterocycles. The Morgan fingerprint density at radius 1 is 1.17 bits per heavy atom. The first-order valence-corrected chi connectivity index (χ1v) is 13.0. The highest BCUT2D eigenvalue weighted by Gasteiger charge is 2.42. The van der Waals surface area contributed by atoms with Gasteiger partial charge in [-0.1, -0.05) is 49.3 Å². The van der Waals surface area contributed by atoms with Crippen molar-refractivity contribution in [2.75, 3.05) is 13.1 Å². The van der Waals surface area contributed by atoms with Crippen LogP contribution in [0.15, 0.2) is 35.4 Å². The van der Waals surface area contributed by atoms with Crippen molar-refractivity contribution in [1.82, 2.24) is 25.0 Å². The van der Waals surface area contributed by atoms with E-state index in [1.807, 2.05) is 18.2 Å². The Morgan fingerprint density at radius 2 is 1.89 bits per heavy atom. The highest BCUT2D eigenvalue weighted by Crippen LogP contribution is 2.42. The first kappa shape index (κ1) is 25.2. The quantitative estimate of drug-likeness (QED) is 0.207. The number of benzene rings is 1. The summed E-state index contributed by atoms with van der Waals surface area (Å²) in [6.45, 7) is 7.78. The third kappa shape index (κ3) is 6.03. The number of azide groups is 1. The molecule has 1 amide bonds. The molecule has 2 bridgehead atoms.